The Morgan fingerprint density at radius 2 is 2.00 bits per heavy atom. The standard InChI is InChI=1S/C8H14O4/c1-6(8(9)10)4-5-7(11-2)12-3/h7H,1,4-5H2,2-3H3,(H,9,10)/p-1. The molecule has 0 rings (SSSR count). The number of carbonyl (C=O) groups is 1. The van der Waals surface area contributed by atoms with E-state index in [0.717, 1.165) is 0 Å². The number of methoxy groups -OCH3 is 2. The predicted molar refractivity (Wildman–Crippen MR) is 41.2 cm³/mol. The van der Waals surface area contributed by atoms with Crippen LogP contribution in [0.15, 0.2) is 12.2 Å². The smallest absolute Gasteiger partial charge is 0.157 e. The highest BCUT2D eigenvalue weighted by atomic mass is 16.7. The topological polar surface area (TPSA) is 58.6 Å². The highest BCUT2D eigenvalue weighted by Crippen LogP contribution is 2.07. The number of ether oxygens (including phenoxy) is 2. The van der Waals surface area contributed by atoms with Crippen molar-refractivity contribution in [2.45, 2.75) is 19.1 Å². The van der Waals surface area contributed by atoms with Gasteiger partial charge < -0.3 is 19.4 Å². The Bertz CT molecular complexity index is 160. The molecule has 0 unspecified atom stereocenters. The summed E-state index contributed by atoms with van der Waals surface area (Å²) < 4.78 is 9.71. The Hall–Kier alpha value is -0.870. The Labute approximate surface area is 71.8 Å². The molecule has 0 aliphatic rings. The molecule has 0 fully saturated rings. The fourth-order valence-corrected chi connectivity index (χ4v) is 0.726. The SMILES string of the molecule is C=C(CCC(OC)OC)C(=O)[O-]. The first kappa shape index (κ1) is 11.1. The van der Waals surface area contributed by atoms with Crippen LogP contribution in [0.2, 0.25) is 0 Å². The van der Waals surface area contributed by atoms with Crippen LogP contribution in [0.4, 0.5) is 0 Å². The highest BCUT2D eigenvalue weighted by molar-refractivity contribution is 5.83. The molecule has 0 aromatic carbocycles. The second-order valence-electron chi connectivity index (χ2n) is 2.33. The van der Waals surface area contributed by atoms with Crippen molar-refractivity contribution in [3.05, 3.63) is 12.2 Å². The first-order chi connectivity index (χ1) is 5.61. The van der Waals surface area contributed by atoms with Crippen molar-refractivity contribution in [2.24, 2.45) is 0 Å². The van der Waals surface area contributed by atoms with Crippen molar-refractivity contribution in [1.29, 1.82) is 0 Å². The van der Waals surface area contributed by atoms with E-state index < -0.39 is 5.97 Å². The van der Waals surface area contributed by atoms with Crippen LogP contribution in [0.5, 0.6) is 0 Å². The van der Waals surface area contributed by atoms with E-state index >= 15 is 0 Å². The van der Waals surface area contributed by atoms with Gasteiger partial charge in [0, 0.05) is 20.6 Å². The molecule has 0 heterocycles. The third kappa shape index (κ3) is 4.10. The maximum atomic E-state index is 10.2. The summed E-state index contributed by atoms with van der Waals surface area (Å²) in [6, 6.07) is 0. The van der Waals surface area contributed by atoms with Crippen molar-refractivity contribution >= 4 is 5.97 Å². The maximum absolute atomic E-state index is 10.2. The molecule has 0 aromatic rings. The molecule has 0 spiro atoms. The molecule has 4 nitrogen and oxygen atoms in total. The van der Waals surface area contributed by atoms with E-state index in [1.807, 2.05) is 0 Å². The van der Waals surface area contributed by atoms with Crippen molar-refractivity contribution in [1.82, 2.24) is 0 Å². The average Bonchev–Trinajstić information content (AvgIpc) is 2.05. The summed E-state index contributed by atoms with van der Waals surface area (Å²) in [5.74, 6) is -1.22. The van der Waals surface area contributed by atoms with Gasteiger partial charge in [0.15, 0.2) is 6.29 Å². The molecule has 0 saturated heterocycles. The van der Waals surface area contributed by atoms with Crippen LogP contribution in [-0.4, -0.2) is 26.5 Å². The van der Waals surface area contributed by atoms with Gasteiger partial charge in [-0.3, -0.25) is 0 Å². The molecule has 0 aliphatic carbocycles. The maximum Gasteiger partial charge on any atom is 0.157 e. The molecular weight excluding hydrogens is 160 g/mol. The molecule has 70 valence electrons. The summed E-state index contributed by atoms with van der Waals surface area (Å²) in [7, 11) is 2.99. The van der Waals surface area contributed by atoms with Crippen LogP contribution in [0.1, 0.15) is 12.8 Å². The van der Waals surface area contributed by atoms with E-state index in [0.29, 0.717) is 12.8 Å². The molecule has 0 N–H and O–H groups in total. The zero-order chi connectivity index (χ0) is 9.56. The van der Waals surface area contributed by atoms with E-state index in [-0.39, 0.29) is 11.9 Å². The van der Waals surface area contributed by atoms with E-state index in [4.69, 9.17) is 9.47 Å². The molecule has 0 radical (unpaired) electrons. The Balaban J connectivity index is 3.66. The van der Waals surface area contributed by atoms with Crippen molar-refractivity contribution < 1.29 is 19.4 Å². The van der Waals surface area contributed by atoms with Gasteiger partial charge in [-0.1, -0.05) is 6.58 Å². The number of hydrogen-bond donors (Lipinski definition) is 0. The molecular formula is C8H13O4-. The number of carboxylic acid groups (broad SMARTS) is 1. The number of aliphatic carboxylic acids is 1. The lowest BCUT2D eigenvalue weighted by molar-refractivity contribution is -0.299. The van der Waals surface area contributed by atoms with Crippen molar-refractivity contribution in [3.8, 4) is 0 Å². The summed E-state index contributed by atoms with van der Waals surface area (Å²) >= 11 is 0. The van der Waals surface area contributed by atoms with Gasteiger partial charge in [-0.25, -0.2) is 0 Å². The lowest BCUT2D eigenvalue weighted by Gasteiger charge is -2.13. The molecule has 0 amide bonds. The van der Waals surface area contributed by atoms with E-state index in [2.05, 4.69) is 6.58 Å². The average molecular weight is 173 g/mol. The lowest BCUT2D eigenvalue weighted by atomic mass is 10.1. The van der Waals surface area contributed by atoms with Crippen LogP contribution < -0.4 is 5.11 Å². The number of carboxylic acids is 1. The van der Waals surface area contributed by atoms with Crippen LogP contribution in [0.3, 0.4) is 0 Å². The minimum Gasteiger partial charge on any atom is -0.545 e. The first-order valence-corrected chi connectivity index (χ1v) is 3.56. The molecule has 0 atom stereocenters. The zero-order valence-corrected chi connectivity index (χ0v) is 7.33. The van der Waals surface area contributed by atoms with Gasteiger partial charge in [0.25, 0.3) is 0 Å². The first-order valence-electron chi connectivity index (χ1n) is 3.56. The van der Waals surface area contributed by atoms with Crippen LogP contribution in [-0.2, 0) is 14.3 Å². The summed E-state index contributed by atoms with van der Waals surface area (Å²) in [5.41, 5.74) is 0.0640. The van der Waals surface area contributed by atoms with Crippen LogP contribution in [0, 0.1) is 0 Å². The molecule has 12 heavy (non-hydrogen) atoms. The van der Waals surface area contributed by atoms with E-state index in [9.17, 15) is 9.90 Å². The third-order valence-electron chi connectivity index (χ3n) is 1.50. The summed E-state index contributed by atoms with van der Waals surface area (Å²) in [5, 5.41) is 10.2. The van der Waals surface area contributed by atoms with Crippen molar-refractivity contribution in [2.75, 3.05) is 14.2 Å². The minimum absolute atomic E-state index is 0.0640. The highest BCUT2D eigenvalue weighted by Gasteiger charge is 2.05. The van der Waals surface area contributed by atoms with Crippen LogP contribution in [0.25, 0.3) is 0 Å². The van der Waals surface area contributed by atoms with Gasteiger partial charge in [0.2, 0.25) is 0 Å². The van der Waals surface area contributed by atoms with Crippen molar-refractivity contribution in [3.63, 3.8) is 0 Å². The van der Waals surface area contributed by atoms with Gasteiger partial charge in [-0.15, -0.1) is 0 Å². The molecule has 0 bridgehead atoms. The zero-order valence-electron chi connectivity index (χ0n) is 7.33. The second kappa shape index (κ2) is 5.74. The Morgan fingerprint density at radius 3 is 2.33 bits per heavy atom. The molecule has 0 saturated carbocycles. The Kier molecular flexibility index (Phi) is 5.32. The largest absolute Gasteiger partial charge is 0.545 e. The molecule has 0 aromatic heterocycles. The normalized spacial score (nSPS) is 10.2. The van der Waals surface area contributed by atoms with E-state index in [1.54, 1.807) is 0 Å². The van der Waals surface area contributed by atoms with Gasteiger partial charge >= 0.3 is 0 Å². The number of hydrogen-bond acceptors (Lipinski definition) is 4. The lowest BCUT2D eigenvalue weighted by Crippen LogP contribution is -2.25. The predicted octanol–water partition coefficient (Wildman–Crippen LogP) is -0.308. The van der Waals surface area contributed by atoms with E-state index in [1.165, 1.54) is 14.2 Å². The number of rotatable bonds is 6. The third-order valence-corrected chi connectivity index (χ3v) is 1.50. The number of carbonyl (C=O) groups excluding carboxylic acids is 1. The minimum atomic E-state index is -1.22. The van der Waals surface area contributed by atoms with Gasteiger partial charge in [-0.2, -0.15) is 0 Å². The van der Waals surface area contributed by atoms with Gasteiger partial charge in [0.05, 0.1) is 5.97 Å². The fraction of sp³-hybridized carbons (Fsp3) is 0.625. The monoisotopic (exact) mass is 173 g/mol. The molecule has 0 aliphatic heterocycles. The summed E-state index contributed by atoms with van der Waals surface area (Å²) in [6.07, 6.45) is 0.412. The second-order valence-corrected chi connectivity index (χ2v) is 2.33. The fourth-order valence-electron chi connectivity index (χ4n) is 0.726. The van der Waals surface area contributed by atoms with Gasteiger partial charge in [-0.05, 0) is 12.0 Å². The molecule has 4 heteroatoms. The summed E-state index contributed by atoms with van der Waals surface area (Å²) in [4.78, 5) is 10.2. The van der Waals surface area contributed by atoms with Gasteiger partial charge in [0.1, 0.15) is 0 Å². The van der Waals surface area contributed by atoms with Crippen LogP contribution >= 0.6 is 0 Å². The Morgan fingerprint density at radius 1 is 1.50 bits per heavy atom. The quantitative estimate of drug-likeness (QED) is 0.408. The summed E-state index contributed by atoms with van der Waals surface area (Å²) in [6.45, 7) is 3.32.